The van der Waals surface area contributed by atoms with E-state index in [-0.39, 0.29) is 0 Å². The van der Waals surface area contributed by atoms with Gasteiger partial charge in [-0.2, -0.15) is 0 Å². The van der Waals surface area contributed by atoms with Crippen LogP contribution in [0.1, 0.15) is 20.3 Å². The molecule has 2 nitrogen and oxygen atoms in total. The van der Waals surface area contributed by atoms with E-state index in [0.717, 1.165) is 6.42 Å². The summed E-state index contributed by atoms with van der Waals surface area (Å²) in [6.07, 6.45) is 5.36. The molecule has 0 fully saturated rings. The lowest BCUT2D eigenvalue weighted by atomic mass is 10.1. The second-order valence-electron chi connectivity index (χ2n) is 2.90. The standard InChI is InChI=1S/C9H16N2/c1-3-9-5-8(6-10)4-7(2)11-9/h4-5,7,11H,3,6,10H2,1-2H3. The predicted octanol–water partition coefficient (Wildman–Crippen LogP) is 1.16. The van der Waals surface area contributed by atoms with Crippen molar-refractivity contribution in [1.82, 2.24) is 5.32 Å². The van der Waals surface area contributed by atoms with Gasteiger partial charge in [-0.25, -0.2) is 0 Å². The minimum absolute atomic E-state index is 0.438. The Labute approximate surface area is 68.2 Å². The van der Waals surface area contributed by atoms with E-state index in [0.29, 0.717) is 12.6 Å². The average Bonchev–Trinajstić information content (AvgIpc) is 2.03. The van der Waals surface area contributed by atoms with Crippen LogP contribution in [0.5, 0.6) is 0 Å². The first-order chi connectivity index (χ1) is 5.26. The Morgan fingerprint density at radius 3 is 2.91 bits per heavy atom. The van der Waals surface area contributed by atoms with Gasteiger partial charge >= 0.3 is 0 Å². The molecule has 11 heavy (non-hydrogen) atoms. The molecule has 0 saturated carbocycles. The zero-order chi connectivity index (χ0) is 8.27. The normalized spacial score (nSPS) is 23.7. The second-order valence-corrected chi connectivity index (χ2v) is 2.90. The molecule has 1 aliphatic heterocycles. The van der Waals surface area contributed by atoms with Crippen LogP contribution in [0.15, 0.2) is 23.4 Å². The highest BCUT2D eigenvalue weighted by molar-refractivity contribution is 5.29. The van der Waals surface area contributed by atoms with Gasteiger partial charge in [0.1, 0.15) is 0 Å². The summed E-state index contributed by atoms with van der Waals surface area (Å²) in [5.74, 6) is 0. The molecule has 1 atom stereocenters. The highest BCUT2D eigenvalue weighted by atomic mass is 14.9. The molecule has 2 heteroatoms. The Morgan fingerprint density at radius 2 is 2.36 bits per heavy atom. The van der Waals surface area contributed by atoms with Crippen LogP contribution in [0.4, 0.5) is 0 Å². The fraction of sp³-hybridized carbons (Fsp3) is 0.556. The molecule has 62 valence electrons. The number of nitrogens with two attached hydrogens (primary N) is 1. The highest BCUT2D eigenvalue weighted by Crippen LogP contribution is 2.10. The van der Waals surface area contributed by atoms with Crippen LogP contribution in [0.3, 0.4) is 0 Å². The zero-order valence-corrected chi connectivity index (χ0v) is 7.22. The number of nitrogens with one attached hydrogen (secondary N) is 1. The fourth-order valence-corrected chi connectivity index (χ4v) is 1.30. The molecule has 0 radical (unpaired) electrons. The molecule has 0 aromatic carbocycles. The minimum atomic E-state index is 0.438. The lowest BCUT2D eigenvalue weighted by molar-refractivity contribution is 0.684. The van der Waals surface area contributed by atoms with E-state index in [9.17, 15) is 0 Å². The van der Waals surface area contributed by atoms with E-state index in [1.807, 2.05) is 0 Å². The van der Waals surface area contributed by atoms with Crippen LogP contribution in [0.25, 0.3) is 0 Å². The van der Waals surface area contributed by atoms with Crippen molar-refractivity contribution in [1.29, 1.82) is 0 Å². The number of dihydropyridines is 1. The van der Waals surface area contributed by atoms with Gasteiger partial charge in [-0.15, -0.1) is 0 Å². The lowest BCUT2D eigenvalue weighted by Gasteiger charge is -2.20. The van der Waals surface area contributed by atoms with Crippen molar-refractivity contribution >= 4 is 0 Å². The van der Waals surface area contributed by atoms with Crippen LogP contribution < -0.4 is 11.1 Å². The van der Waals surface area contributed by atoms with Crippen LogP contribution in [0, 0.1) is 0 Å². The quantitative estimate of drug-likeness (QED) is 0.623. The van der Waals surface area contributed by atoms with E-state index in [4.69, 9.17) is 5.73 Å². The molecular formula is C9H16N2. The molecule has 0 saturated heterocycles. The summed E-state index contributed by atoms with van der Waals surface area (Å²) in [6, 6.07) is 0.438. The molecule has 3 N–H and O–H groups in total. The second kappa shape index (κ2) is 3.58. The summed E-state index contributed by atoms with van der Waals surface area (Å²) in [5.41, 5.74) is 8.08. The summed E-state index contributed by atoms with van der Waals surface area (Å²) < 4.78 is 0. The Kier molecular flexibility index (Phi) is 2.71. The largest absolute Gasteiger partial charge is 0.382 e. The Balaban J connectivity index is 2.71. The molecule has 0 amide bonds. The van der Waals surface area contributed by atoms with Gasteiger partial charge in [-0.1, -0.05) is 13.0 Å². The van der Waals surface area contributed by atoms with Crippen molar-refractivity contribution in [3.8, 4) is 0 Å². The maximum absolute atomic E-state index is 5.54. The van der Waals surface area contributed by atoms with Crippen LogP contribution >= 0.6 is 0 Å². The first-order valence-electron chi connectivity index (χ1n) is 4.14. The van der Waals surface area contributed by atoms with Crippen LogP contribution in [0.2, 0.25) is 0 Å². The third kappa shape index (κ3) is 2.09. The topological polar surface area (TPSA) is 38.0 Å². The maximum atomic E-state index is 5.54. The summed E-state index contributed by atoms with van der Waals surface area (Å²) in [5, 5.41) is 3.36. The molecule has 0 spiro atoms. The van der Waals surface area contributed by atoms with Crippen LogP contribution in [-0.4, -0.2) is 12.6 Å². The van der Waals surface area contributed by atoms with Crippen molar-refractivity contribution in [2.45, 2.75) is 26.3 Å². The first-order valence-corrected chi connectivity index (χ1v) is 4.14. The molecule has 1 aliphatic rings. The third-order valence-electron chi connectivity index (χ3n) is 1.85. The molecule has 0 bridgehead atoms. The first kappa shape index (κ1) is 8.34. The lowest BCUT2D eigenvalue weighted by Crippen LogP contribution is -2.27. The van der Waals surface area contributed by atoms with E-state index < -0.39 is 0 Å². The monoisotopic (exact) mass is 152 g/mol. The van der Waals surface area contributed by atoms with Crippen molar-refractivity contribution in [3.63, 3.8) is 0 Å². The SMILES string of the molecule is CCC1=CC(CN)=CC(C)N1. The summed E-state index contributed by atoms with van der Waals surface area (Å²) >= 11 is 0. The Bertz CT molecular complexity index is 192. The molecule has 1 rings (SSSR count). The molecule has 0 aromatic rings. The number of rotatable bonds is 2. The minimum Gasteiger partial charge on any atom is -0.382 e. The predicted molar refractivity (Wildman–Crippen MR) is 48.1 cm³/mol. The van der Waals surface area contributed by atoms with E-state index >= 15 is 0 Å². The molecule has 0 aliphatic carbocycles. The fourth-order valence-electron chi connectivity index (χ4n) is 1.30. The summed E-state index contributed by atoms with van der Waals surface area (Å²) in [4.78, 5) is 0. The molecular weight excluding hydrogens is 136 g/mol. The van der Waals surface area contributed by atoms with E-state index in [1.165, 1.54) is 11.3 Å². The van der Waals surface area contributed by atoms with Crippen molar-refractivity contribution in [2.75, 3.05) is 6.54 Å². The van der Waals surface area contributed by atoms with Gasteiger partial charge in [0.05, 0.1) is 0 Å². The number of hydrogen-bond acceptors (Lipinski definition) is 2. The van der Waals surface area contributed by atoms with Gasteiger partial charge < -0.3 is 11.1 Å². The van der Waals surface area contributed by atoms with Gasteiger partial charge in [0.25, 0.3) is 0 Å². The van der Waals surface area contributed by atoms with E-state index in [2.05, 4.69) is 31.3 Å². The summed E-state index contributed by atoms with van der Waals surface area (Å²) in [7, 11) is 0. The van der Waals surface area contributed by atoms with Gasteiger partial charge in [-0.05, 0) is 25.0 Å². The third-order valence-corrected chi connectivity index (χ3v) is 1.85. The van der Waals surface area contributed by atoms with Gasteiger partial charge in [0.15, 0.2) is 0 Å². The number of allylic oxidation sites excluding steroid dienone is 1. The van der Waals surface area contributed by atoms with Gasteiger partial charge in [0.2, 0.25) is 0 Å². The maximum Gasteiger partial charge on any atom is 0.0419 e. The smallest absolute Gasteiger partial charge is 0.0419 e. The average molecular weight is 152 g/mol. The summed E-state index contributed by atoms with van der Waals surface area (Å²) in [6.45, 7) is 4.93. The highest BCUT2D eigenvalue weighted by Gasteiger charge is 2.06. The van der Waals surface area contributed by atoms with Crippen LogP contribution in [-0.2, 0) is 0 Å². The molecule has 1 heterocycles. The Hall–Kier alpha value is -0.760. The van der Waals surface area contributed by atoms with Crippen molar-refractivity contribution < 1.29 is 0 Å². The van der Waals surface area contributed by atoms with Crippen molar-refractivity contribution in [3.05, 3.63) is 23.4 Å². The zero-order valence-electron chi connectivity index (χ0n) is 7.22. The Morgan fingerprint density at radius 1 is 1.64 bits per heavy atom. The van der Waals surface area contributed by atoms with Gasteiger partial charge in [0, 0.05) is 18.3 Å². The molecule has 0 aromatic heterocycles. The molecule has 1 unspecified atom stereocenters. The van der Waals surface area contributed by atoms with Gasteiger partial charge in [-0.3, -0.25) is 0 Å². The van der Waals surface area contributed by atoms with Crippen molar-refractivity contribution in [2.24, 2.45) is 5.73 Å². The number of hydrogen-bond donors (Lipinski definition) is 2. The van der Waals surface area contributed by atoms with E-state index in [1.54, 1.807) is 0 Å².